The monoisotopic (exact) mass is 210 g/mol. The minimum absolute atomic E-state index is 0.139. The molecule has 1 atom stereocenters. The number of rotatable bonds is 4. The van der Waals surface area contributed by atoms with Gasteiger partial charge in [-0.1, -0.05) is 13.8 Å². The summed E-state index contributed by atoms with van der Waals surface area (Å²) in [6.45, 7) is 8.42. The van der Waals surface area contributed by atoms with Crippen molar-refractivity contribution >= 4 is 0 Å². The largest absolute Gasteiger partial charge is 0.385 e. The number of hydrogen-bond acceptors (Lipinski definition) is 3. The number of piperidine rings is 1. The van der Waals surface area contributed by atoms with Gasteiger partial charge in [-0.25, -0.2) is 0 Å². The molecule has 1 aliphatic rings. The van der Waals surface area contributed by atoms with Gasteiger partial charge in [0, 0.05) is 26.8 Å². The first-order valence-corrected chi connectivity index (χ1v) is 5.71. The first kappa shape index (κ1) is 12.5. The minimum atomic E-state index is 0.139. The van der Waals surface area contributed by atoms with Crippen molar-refractivity contribution in [2.24, 2.45) is 11.3 Å². The van der Waals surface area contributed by atoms with Gasteiger partial charge in [0.1, 0.15) is 0 Å². The van der Waals surface area contributed by atoms with Crippen LogP contribution >= 0.6 is 0 Å². The molecule has 0 aliphatic carbocycles. The molecule has 3 heteroatoms. The Morgan fingerprint density at radius 2 is 2.27 bits per heavy atom. The number of hydrogen-bond donors (Lipinski definition) is 0. The Kier molecular flexibility index (Phi) is 4.56. The molecule has 1 unspecified atom stereocenters. The van der Waals surface area contributed by atoms with Crippen molar-refractivity contribution in [1.29, 1.82) is 5.26 Å². The minimum Gasteiger partial charge on any atom is -0.385 e. The Balaban J connectivity index is 2.38. The van der Waals surface area contributed by atoms with Gasteiger partial charge in [0.2, 0.25) is 0 Å². The topological polar surface area (TPSA) is 36.3 Å². The van der Waals surface area contributed by atoms with Crippen molar-refractivity contribution in [2.45, 2.75) is 26.7 Å². The summed E-state index contributed by atoms with van der Waals surface area (Å²) in [6.07, 6.45) is 2.10. The summed E-state index contributed by atoms with van der Waals surface area (Å²) in [5, 5.41) is 9.04. The molecular formula is C12H22N2O. The van der Waals surface area contributed by atoms with Crippen molar-refractivity contribution in [2.75, 3.05) is 33.4 Å². The highest BCUT2D eigenvalue weighted by molar-refractivity contribution is 4.98. The molecule has 1 heterocycles. The van der Waals surface area contributed by atoms with Gasteiger partial charge in [0.05, 0.1) is 12.0 Å². The van der Waals surface area contributed by atoms with Crippen LogP contribution in [0.15, 0.2) is 0 Å². The van der Waals surface area contributed by atoms with E-state index in [1.54, 1.807) is 7.11 Å². The SMILES string of the molecule is COCCCN1CCC(C#N)C(C)(C)C1. The summed E-state index contributed by atoms with van der Waals surface area (Å²) < 4.78 is 5.05. The summed E-state index contributed by atoms with van der Waals surface area (Å²) >= 11 is 0. The summed E-state index contributed by atoms with van der Waals surface area (Å²) in [7, 11) is 1.74. The lowest BCUT2D eigenvalue weighted by molar-refractivity contribution is 0.0738. The zero-order valence-electron chi connectivity index (χ0n) is 10.1. The van der Waals surface area contributed by atoms with Crippen molar-refractivity contribution < 1.29 is 4.74 Å². The molecule has 0 aromatic carbocycles. The lowest BCUT2D eigenvalue weighted by Crippen LogP contribution is -2.45. The van der Waals surface area contributed by atoms with E-state index in [1.807, 2.05) is 0 Å². The van der Waals surface area contributed by atoms with E-state index in [1.165, 1.54) is 0 Å². The fraction of sp³-hybridized carbons (Fsp3) is 0.917. The van der Waals surface area contributed by atoms with E-state index < -0.39 is 0 Å². The molecule has 1 fully saturated rings. The quantitative estimate of drug-likeness (QED) is 0.665. The Bertz CT molecular complexity index is 232. The maximum absolute atomic E-state index is 9.04. The van der Waals surface area contributed by atoms with Crippen LogP contribution in [-0.4, -0.2) is 38.3 Å². The van der Waals surface area contributed by atoms with E-state index in [-0.39, 0.29) is 11.3 Å². The molecule has 0 spiro atoms. The molecule has 3 nitrogen and oxygen atoms in total. The third-order valence-electron chi connectivity index (χ3n) is 3.29. The van der Waals surface area contributed by atoms with Crippen LogP contribution in [0.2, 0.25) is 0 Å². The molecule has 15 heavy (non-hydrogen) atoms. The molecule has 0 N–H and O–H groups in total. The molecule has 1 rings (SSSR count). The first-order chi connectivity index (χ1) is 7.10. The highest BCUT2D eigenvalue weighted by Gasteiger charge is 2.35. The van der Waals surface area contributed by atoms with Gasteiger partial charge in [-0.15, -0.1) is 0 Å². The molecule has 1 aliphatic heterocycles. The van der Waals surface area contributed by atoms with Crippen molar-refractivity contribution in [3.05, 3.63) is 0 Å². The van der Waals surface area contributed by atoms with Crippen LogP contribution in [0.1, 0.15) is 26.7 Å². The summed E-state index contributed by atoms with van der Waals surface area (Å²) in [6, 6.07) is 2.43. The van der Waals surface area contributed by atoms with Crippen LogP contribution in [0.4, 0.5) is 0 Å². The summed E-state index contributed by atoms with van der Waals surface area (Å²) in [5.74, 6) is 0.219. The number of methoxy groups -OCH3 is 1. The van der Waals surface area contributed by atoms with E-state index in [0.29, 0.717) is 0 Å². The lowest BCUT2D eigenvalue weighted by atomic mass is 9.75. The standard InChI is InChI=1S/C12H22N2O/c1-12(2)10-14(6-4-8-15-3)7-5-11(12)9-13/h11H,4-8,10H2,1-3H3. The molecular weight excluding hydrogens is 188 g/mol. The normalized spacial score (nSPS) is 26.1. The van der Waals surface area contributed by atoms with Gasteiger partial charge in [0.15, 0.2) is 0 Å². The lowest BCUT2D eigenvalue weighted by Gasteiger charge is -2.41. The third-order valence-corrected chi connectivity index (χ3v) is 3.29. The van der Waals surface area contributed by atoms with Crippen molar-refractivity contribution in [1.82, 2.24) is 4.90 Å². The van der Waals surface area contributed by atoms with Crippen LogP contribution in [0.25, 0.3) is 0 Å². The second-order valence-electron chi connectivity index (χ2n) is 5.08. The molecule has 1 saturated heterocycles. The van der Waals surface area contributed by atoms with Gasteiger partial charge in [-0.3, -0.25) is 0 Å². The van der Waals surface area contributed by atoms with Gasteiger partial charge >= 0.3 is 0 Å². The van der Waals surface area contributed by atoms with E-state index in [0.717, 1.165) is 39.1 Å². The Labute approximate surface area is 93.0 Å². The highest BCUT2D eigenvalue weighted by atomic mass is 16.5. The Morgan fingerprint density at radius 3 is 2.80 bits per heavy atom. The molecule has 0 aromatic rings. The fourth-order valence-electron chi connectivity index (χ4n) is 2.33. The molecule has 0 radical (unpaired) electrons. The number of nitrogens with zero attached hydrogens (tertiary/aromatic N) is 2. The smallest absolute Gasteiger partial charge is 0.0662 e. The van der Waals surface area contributed by atoms with Crippen LogP contribution in [0.3, 0.4) is 0 Å². The first-order valence-electron chi connectivity index (χ1n) is 5.71. The zero-order valence-corrected chi connectivity index (χ0v) is 10.1. The third kappa shape index (κ3) is 3.48. The maximum atomic E-state index is 9.04. The van der Waals surface area contributed by atoms with Crippen molar-refractivity contribution in [3.8, 4) is 6.07 Å². The zero-order chi connectivity index (χ0) is 11.3. The Morgan fingerprint density at radius 1 is 1.53 bits per heavy atom. The molecule has 0 aromatic heterocycles. The van der Waals surface area contributed by atoms with Gasteiger partial charge in [0.25, 0.3) is 0 Å². The van der Waals surface area contributed by atoms with Crippen LogP contribution in [0, 0.1) is 22.7 Å². The van der Waals surface area contributed by atoms with Crippen LogP contribution in [0.5, 0.6) is 0 Å². The number of nitriles is 1. The van der Waals surface area contributed by atoms with E-state index in [9.17, 15) is 0 Å². The predicted octanol–water partition coefficient (Wildman–Crippen LogP) is 1.89. The average Bonchev–Trinajstić information content (AvgIpc) is 2.17. The van der Waals surface area contributed by atoms with Gasteiger partial charge < -0.3 is 9.64 Å². The average molecular weight is 210 g/mol. The summed E-state index contributed by atoms with van der Waals surface area (Å²) in [5.41, 5.74) is 0.139. The summed E-state index contributed by atoms with van der Waals surface area (Å²) in [4.78, 5) is 2.45. The number of ether oxygens (including phenoxy) is 1. The van der Waals surface area contributed by atoms with Gasteiger partial charge in [-0.05, 0) is 24.8 Å². The van der Waals surface area contributed by atoms with Gasteiger partial charge in [-0.2, -0.15) is 5.26 Å². The van der Waals surface area contributed by atoms with E-state index in [2.05, 4.69) is 24.8 Å². The highest BCUT2D eigenvalue weighted by Crippen LogP contribution is 2.34. The fourth-order valence-corrected chi connectivity index (χ4v) is 2.33. The number of likely N-dealkylation sites (tertiary alicyclic amines) is 1. The van der Waals surface area contributed by atoms with E-state index in [4.69, 9.17) is 10.00 Å². The second kappa shape index (κ2) is 5.48. The predicted molar refractivity (Wildman–Crippen MR) is 60.4 cm³/mol. The maximum Gasteiger partial charge on any atom is 0.0662 e. The van der Waals surface area contributed by atoms with Crippen LogP contribution in [-0.2, 0) is 4.74 Å². The molecule has 0 amide bonds. The van der Waals surface area contributed by atoms with E-state index >= 15 is 0 Å². The second-order valence-corrected chi connectivity index (χ2v) is 5.08. The Hall–Kier alpha value is -0.590. The molecule has 86 valence electrons. The molecule has 0 saturated carbocycles. The van der Waals surface area contributed by atoms with Crippen LogP contribution < -0.4 is 0 Å². The van der Waals surface area contributed by atoms with Crippen molar-refractivity contribution in [3.63, 3.8) is 0 Å². The molecule has 0 bridgehead atoms.